The lowest BCUT2D eigenvalue weighted by atomic mass is 9.94. The molecular formula is C20H30N4O3. The quantitative estimate of drug-likeness (QED) is 0.836. The van der Waals surface area contributed by atoms with Crippen molar-refractivity contribution in [1.82, 2.24) is 14.7 Å². The van der Waals surface area contributed by atoms with Crippen molar-refractivity contribution in [1.29, 1.82) is 0 Å². The SMILES string of the molecule is CN1CCN(Cc2cc3c(c(N[C@H]4CCOC4)c2)CN(C(=O)O)CC3)CC1. The van der Waals surface area contributed by atoms with Crippen LogP contribution in [0, 0.1) is 0 Å². The lowest BCUT2D eigenvalue weighted by molar-refractivity contribution is 0.140. The fourth-order valence-electron chi connectivity index (χ4n) is 4.25. The van der Waals surface area contributed by atoms with Crippen molar-refractivity contribution in [2.75, 3.05) is 58.3 Å². The van der Waals surface area contributed by atoms with E-state index in [0.717, 1.165) is 70.0 Å². The highest BCUT2D eigenvalue weighted by Crippen LogP contribution is 2.30. The van der Waals surface area contributed by atoms with E-state index in [2.05, 4.69) is 34.3 Å². The Kier molecular flexibility index (Phi) is 5.52. The Hall–Kier alpha value is -1.83. The molecule has 0 saturated carbocycles. The Balaban J connectivity index is 1.56. The first-order chi connectivity index (χ1) is 13.1. The summed E-state index contributed by atoms with van der Waals surface area (Å²) in [5.74, 6) is 0. The highest BCUT2D eigenvalue weighted by atomic mass is 16.5. The fraction of sp³-hybridized carbons (Fsp3) is 0.650. The maximum absolute atomic E-state index is 11.5. The summed E-state index contributed by atoms with van der Waals surface area (Å²) in [6.45, 7) is 7.94. The van der Waals surface area contributed by atoms with Crippen LogP contribution >= 0.6 is 0 Å². The van der Waals surface area contributed by atoms with Gasteiger partial charge in [-0.2, -0.15) is 0 Å². The molecule has 3 heterocycles. The maximum atomic E-state index is 11.5. The third-order valence-electron chi connectivity index (χ3n) is 5.96. The number of carboxylic acid groups (broad SMARTS) is 1. The molecule has 2 N–H and O–H groups in total. The van der Waals surface area contributed by atoms with Gasteiger partial charge in [-0.15, -0.1) is 0 Å². The Morgan fingerprint density at radius 2 is 2.07 bits per heavy atom. The number of rotatable bonds is 4. The smallest absolute Gasteiger partial charge is 0.407 e. The molecule has 148 valence electrons. The van der Waals surface area contributed by atoms with Crippen LogP contribution in [-0.4, -0.2) is 84.9 Å². The van der Waals surface area contributed by atoms with Gasteiger partial charge in [-0.3, -0.25) is 4.90 Å². The van der Waals surface area contributed by atoms with Crippen molar-refractivity contribution >= 4 is 11.8 Å². The lowest BCUT2D eigenvalue weighted by Crippen LogP contribution is -2.44. The zero-order valence-electron chi connectivity index (χ0n) is 16.1. The third-order valence-corrected chi connectivity index (χ3v) is 5.96. The molecule has 4 rings (SSSR count). The van der Waals surface area contributed by atoms with Crippen molar-refractivity contribution in [3.05, 3.63) is 28.8 Å². The number of anilines is 1. The van der Waals surface area contributed by atoms with E-state index in [9.17, 15) is 9.90 Å². The molecule has 1 amide bonds. The van der Waals surface area contributed by atoms with Crippen LogP contribution in [0.5, 0.6) is 0 Å². The number of benzene rings is 1. The number of nitrogens with zero attached hydrogens (tertiary/aromatic N) is 3. The molecule has 7 heteroatoms. The predicted octanol–water partition coefficient (Wildman–Crippen LogP) is 1.67. The average Bonchev–Trinajstić information content (AvgIpc) is 3.16. The standard InChI is InChI=1S/C20H30N4O3/c1-22-5-7-23(8-6-22)12-15-10-16-2-4-24(20(25)26)13-18(16)19(11-15)21-17-3-9-27-14-17/h10-11,17,21H,2-9,12-14H2,1H3,(H,25,26)/t17-/m0/s1. The first kappa shape index (κ1) is 18.5. The normalized spacial score (nSPS) is 24.0. The molecule has 0 radical (unpaired) electrons. The molecule has 27 heavy (non-hydrogen) atoms. The second-order valence-electron chi connectivity index (χ2n) is 8.02. The minimum Gasteiger partial charge on any atom is -0.465 e. The average molecular weight is 374 g/mol. The summed E-state index contributed by atoms with van der Waals surface area (Å²) in [4.78, 5) is 17.8. The van der Waals surface area contributed by atoms with Crippen molar-refractivity contribution in [3.8, 4) is 0 Å². The van der Waals surface area contributed by atoms with Crippen LogP contribution in [0.2, 0.25) is 0 Å². The van der Waals surface area contributed by atoms with Crippen LogP contribution in [-0.2, 0) is 24.2 Å². The Bertz CT molecular complexity index is 682. The molecule has 3 aliphatic rings. The molecule has 2 saturated heterocycles. The van der Waals surface area contributed by atoms with Crippen LogP contribution in [0.15, 0.2) is 12.1 Å². The van der Waals surface area contributed by atoms with Gasteiger partial charge >= 0.3 is 6.09 Å². The summed E-state index contributed by atoms with van der Waals surface area (Å²) >= 11 is 0. The summed E-state index contributed by atoms with van der Waals surface area (Å²) in [5.41, 5.74) is 4.85. The largest absolute Gasteiger partial charge is 0.465 e. The zero-order valence-corrected chi connectivity index (χ0v) is 16.1. The van der Waals surface area contributed by atoms with Crippen molar-refractivity contribution in [2.24, 2.45) is 0 Å². The Labute approximate surface area is 160 Å². The second kappa shape index (κ2) is 8.04. The number of amides is 1. The summed E-state index contributed by atoms with van der Waals surface area (Å²) in [6.07, 6.45) is 0.950. The summed E-state index contributed by atoms with van der Waals surface area (Å²) < 4.78 is 5.51. The molecule has 3 aliphatic heterocycles. The number of hydrogen-bond donors (Lipinski definition) is 2. The molecule has 0 aromatic heterocycles. The highest BCUT2D eigenvalue weighted by molar-refractivity contribution is 5.67. The molecular weight excluding hydrogens is 344 g/mol. The monoisotopic (exact) mass is 374 g/mol. The van der Waals surface area contributed by atoms with Gasteiger partial charge in [0.15, 0.2) is 0 Å². The number of carbonyl (C=O) groups is 1. The predicted molar refractivity (Wildman–Crippen MR) is 104 cm³/mol. The number of likely N-dealkylation sites (N-methyl/N-ethyl adjacent to an activating group) is 1. The van der Waals surface area contributed by atoms with E-state index in [-0.39, 0.29) is 0 Å². The fourth-order valence-corrected chi connectivity index (χ4v) is 4.25. The van der Waals surface area contributed by atoms with Crippen LogP contribution in [0.4, 0.5) is 10.5 Å². The number of fused-ring (bicyclic) bond motifs is 1. The number of ether oxygens (including phenoxy) is 1. The minimum absolute atomic E-state index is 0.313. The van der Waals surface area contributed by atoms with Crippen LogP contribution in [0.25, 0.3) is 0 Å². The van der Waals surface area contributed by atoms with Crippen molar-refractivity contribution in [3.63, 3.8) is 0 Å². The zero-order chi connectivity index (χ0) is 18.8. The van der Waals surface area contributed by atoms with Crippen LogP contribution in [0.3, 0.4) is 0 Å². The van der Waals surface area contributed by atoms with Crippen LogP contribution < -0.4 is 5.32 Å². The van der Waals surface area contributed by atoms with Gasteiger partial charge in [-0.05, 0) is 42.6 Å². The topological polar surface area (TPSA) is 68.3 Å². The van der Waals surface area contributed by atoms with E-state index in [1.54, 1.807) is 0 Å². The molecule has 1 aromatic rings. The van der Waals surface area contributed by atoms with Crippen molar-refractivity contribution < 1.29 is 14.6 Å². The highest BCUT2D eigenvalue weighted by Gasteiger charge is 2.25. The number of hydrogen-bond acceptors (Lipinski definition) is 5. The van der Waals surface area contributed by atoms with Gasteiger partial charge in [0, 0.05) is 51.6 Å². The number of piperazine rings is 1. The summed E-state index contributed by atoms with van der Waals surface area (Å²) in [6, 6.07) is 4.84. The van der Waals surface area contributed by atoms with Crippen LogP contribution in [0.1, 0.15) is 23.1 Å². The van der Waals surface area contributed by atoms with Gasteiger partial charge in [-0.25, -0.2) is 4.79 Å². The van der Waals surface area contributed by atoms with Gasteiger partial charge < -0.3 is 25.0 Å². The molecule has 7 nitrogen and oxygen atoms in total. The van der Waals surface area contributed by atoms with Gasteiger partial charge in [-0.1, -0.05) is 6.07 Å². The van der Waals surface area contributed by atoms with E-state index in [1.165, 1.54) is 16.0 Å². The summed E-state index contributed by atoms with van der Waals surface area (Å²) in [5, 5.41) is 13.0. The Morgan fingerprint density at radius 3 is 2.78 bits per heavy atom. The second-order valence-corrected chi connectivity index (χ2v) is 8.02. The lowest BCUT2D eigenvalue weighted by Gasteiger charge is -2.33. The van der Waals surface area contributed by atoms with E-state index >= 15 is 0 Å². The third kappa shape index (κ3) is 4.36. The number of nitrogens with one attached hydrogen (secondary N) is 1. The molecule has 1 atom stereocenters. The molecule has 0 unspecified atom stereocenters. The first-order valence-corrected chi connectivity index (χ1v) is 9.96. The van der Waals surface area contributed by atoms with Gasteiger partial charge in [0.1, 0.15) is 0 Å². The Morgan fingerprint density at radius 1 is 1.26 bits per heavy atom. The van der Waals surface area contributed by atoms with E-state index in [0.29, 0.717) is 19.1 Å². The molecule has 1 aromatic carbocycles. The van der Waals surface area contributed by atoms with Gasteiger partial charge in [0.25, 0.3) is 0 Å². The first-order valence-electron chi connectivity index (χ1n) is 9.96. The molecule has 0 spiro atoms. The molecule has 0 aliphatic carbocycles. The molecule has 0 bridgehead atoms. The van der Waals surface area contributed by atoms with E-state index < -0.39 is 6.09 Å². The minimum atomic E-state index is -0.836. The van der Waals surface area contributed by atoms with Gasteiger partial charge in [0.05, 0.1) is 19.2 Å². The molecule has 2 fully saturated rings. The van der Waals surface area contributed by atoms with E-state index in [4.69, 9.17) is 4.74 Å². The van der Waals surface area contributed by atoms with Gasteiger partial charge in [0.2, 0.25) is 0 Å². The summed E-state index contributed by atoms with van der Waals surface area (Å²) in [7, 11) is 2.18. The van der Waals surface area contributed by atoms with Crippen molar-refractivity contribution in [2.45, 2.75) is 32.0 Å². The maximum Gasteiger partial charge on any atom is 0.407 e. The van der Waals surface area contributed by atoms with E-state index in [1.807, 2.05) is 0 Å².